The van der Waals surface area contributed by atoms with Crippen molar-refractivity contribution in [1.82, 2.24) is 10.6 Å². The van der Waals surface area contributed by atoms with E-state index < -0.39 is 214 Å². The lowest BCUT2D eigenvalue weighted by Gasteiger charge is -2.53. The van der Waals surface area contributed by atoms with Crippen molar-refractivity contribution in [1.29, 1.82) is 0 Å². The van der Waals surface area contributed by atoms with E-state index in [9.17, 15) is 43.2 Å². The van der Waals surface area contributed by atoms with Crippen LogP contribution < -0.4 is 10.6 Å². The van der Waals surface area contributed by atoms with E-state index in [0.717, 1.165) is 66.7 Å². The van der Waals surface area contributed by atoms with Gasteiger partial charge < -0.3 is 129 Å². The Bertz CT molecular complexity index is 4400. The number of carbonyl (C=O) groups excluding carboxylic acids is 10. The monoisotopic (exact) mass is 1840 g/mol. The normalized spacial score (nSPS) is 25.7. The zero-order valence-electron chi connectivity index (χ0n) is 74.8. The summed E-state index contributed by atoms with van der Waals surface area (Å²) in [4.78, 5) is 142. The van der Waals surface area contributed by atoms with Gasteiger partial charge in [0.05, 0.1) is 137 Å². The van der Waals surface area contributed by atoms with Gasteiger partial charge in [0, 0.05) is 66.8 Å². The molecule has 0 aliphatic carbocycles. The second kappa shape index (κ2) is 55.1. The third-order valence-electron chi connectivity index (χ3n) is 20.4. The Balaban J connectivity index is 1.20. The SMILES string of the molecule is COC(=O)[C@@]1(O[C@H]2[C@@H](OC(C)=O)[C@@H](COC(=O)c3ccccc3)O[C@@H](O[C@H]3[C@H](O[C@@H]4O[C@@H](C)[C@@H](OCc5ccccc5)[C@@H](OCc5ccccc5)[C@@H]4OCc4ccccc4)[C@@H](NC(C)=O)[C@H](OCCOCCOCCOCCOCCOCCN=[N+]=[N-])O[C@@H]3COCc3ccccc3)[C@@H]2OC(C)=O)C[C@H](OC(C)=O)[C@@H](NC(C)=O)[C@H]([C@H](OC(C)=O)[C@@H](COC(C)=O)OC(C)=O)O1. The molecule has 4 heterocycles. The number of nitrogens with zero attached hydrogens (tertiary/aromatic N) is 3. The fraction of sp³-hybridized carbons (Fsp3) is 0.560. The third kappa shape index (κ3) is 33.9. The van der Waals surface area contributed by atoms with E-state index >= 15 is 4.79 Å². The van der Waals surface area contributed by atoms with Gasteiger partial charge in [-0.1, -0.05) is 145 Å². The molecular formula is C91H117N5O35. The van der Waals surface area contributed by atoms with Crippen LogP contribution in [0.2, 0.25) is 0 Å². The van der Waals surface area contributed by atoms with Crippen LogP contribution >= 0.6 is 0 Å². The van der Waals surface area contributed by atoms with Crippen LogP contribution in [0.15, 0.2) is 157 Å². The first-order valence-corrected chi connectivity index (χ1v) is 42.8. The topological polar surface area (TPSA) is 474 Å². The Kier molecular flexibility index (Phi) is 43.8. The summed E-state index contributed by atoms with van der Waals surface area (Å²) in [5.74, 6) is -13.8. The van der Waals surface area contributed by atoms with Crippen molar-refractivity contribution in [2.24, 2.45) is 5.11 Å². The molecule has 40 heteroatoms. The van der Waals surface area contributed by atoms with Crippen molar-refractivity contribution in [3.05, 3.63) is 190 Å². The number of rotatable bonds is 53. The van der Waals surface area contributed by atoms with Crippen molar-refractivity contribution in [3.8, 4) is 0 Å². The fourth-order valence-corrected chi connectivity index (χ4v) is 14.9. The highest BCUT2D eigenvalue weighted by molar-refractivity contribution is 5.89. The average molecular weight is 1840 g/mol. The molecule has 9 rings (SSSR count). The van der Waals surface area contributed by atoms with Crippen molar-refractivity contribution in [3.63, 3.8) is 0 Å². The molecule has 5 aromatic rings. The molecule has 0 saturated carbocycles. The van der Waals surface area contributed by atoms with Crippen LogP contribution in [-0.4, -0.2) is 294 Å². The molecule has 0 aromatic heterocycles. The Labute approximate surface area is 758 Å². The van der Waals surface area contributed by atoms with E-state index in [1.165, 1.54) is 19.1 Å². The first kappa shape index (κ1) is 104. The maximum Gasteiger partial charge on any atom is 0.366 e. The van der Waals surface area contributed by atoms with Crippen LogP contribution in [0.1, 0.15) is 101 Å². The van der Waals surface area contributed by atoms with Crippen molar-refractivity contribution >= 4 is 59.6 Å². The minimum absolute atomic E-state index is 0.00702. The first-order valence-electron chi connectivity index (χ1n) is 42.8. The summed E-state index contributed by atoms with van der Waals surface area (Å²) in [7, 11) is 0.880. The summed E-state index contributed by atoms with van der Waals surface area (Å²) in [6, 6.07) is 41.2. The molecule has 716 valence electrons. The van der Waals surface area contributed by atoms with Gasteiger partial charge in [0.2, 0.25) is 11.8 Å². The summed E-state index contributed by atoms with van der Waals surface area (Å²) in [6.07, 6.45) is -32.7. The van der Waals surface area contributed by atoms with Crippen LogP contribution in [0.25, 0.3) is 10.4 Å². The highest BCUT2D eigenvalue weighted by Gasteiger charge is 2.65. The molecule has 2 N–H and O–H groups in total. The minimum Gasteiger partial charge on any atom is -0.465 e. The predicted octanol–water partition coefficient (Wildman–Crippen LogP) is 6.47. The van der Waals surface area contributed by atoms with Gasteiger partial charge >= 0.3 is 47.8 Å². The van der Waals surface area contributed by atoms with Crippen LogP contribution in [0.3, 0.4) is 0 Å². The van der Waals surface area contributed by atoms with Crippen molar-refractivity contribution < 1.29 is 166 Å². The van der Waals surface area contributed by atoms with E-state index in [0.29, 0.717) is 30.9 Å². The largest absolute Gasteiger partial charge is 0.465 e. The summed E-state index contributed by atoms with van der Waals surface area (Å²) in [6.45, 7) is 9.31. The number of amides is 2. The van der Waals surface area contributed by atoms with Crippen LogP contribution in [0.5, 0.6) is 0 Å². The molecule has 0 spiro atoms. The minimum atomic E-state index is -3.24. The summed E-state index contributed by atoms with van der Waals surface area (Å²) in [5, 5.41) is 9.01. The average Bonchev–Trinajstić information content (AvgIpc) is 0.734. The number of hydrogen-bond acceptors (Lipinski definition) is 36. The molecule has 0 unspecified atom stereocenters. The highest BCUT2D eigenvalue weighted by atomic mass is 16.8. The quantitative estimate of drug-likeness (QED) is 0.0105. The van der Waals surface area contributed by atoms with Crippen LogP contribution in [0, 0.1) is 0 Å². The Morgan fingerprint density at radius 2 is 0.901 bits per heavy atom. The first-order chi connectivity index (χ1) is 63.2. The Morgan fingerprint density at radius 1 is 0.443 bits per heavy atom. The van der Waals surface area contributed by atoms with E-state index in [2.05, 4.69) is 20.7 Å². The summed E-state index contributed by atoms with van der Waals surface area (Å²) < 4.78 is 160. The lowest BCUT2D eigenvalue weighted by Crippen LogP contribution is -2.72. The molecule has 4 aliphatic heterocycles. The second-order valence-corrected chi connectivity index (χ2v) is 30.5. The maximum atomic E-state index is 15.6. The smallest absolute Gasteiger partial charge is 0.366 e. The number of carbonyl (C=O) groups is 10. The van der Waals surface area contributed by atoms with Gasteiger partial charge in [-0.05, 0) is 46.8 Å². The van der Waals surface area contributed by atoms with Gasteiger partial charge in [-0.25, -0.2) is 9.59 Å². The Morgan fingerprint density at radius 3 is 1.40 bits per heavy atom. The number of esters is 8. The molecule has 40 nitrogen and oxygen atoms in total. The molecule has 4 aliphatic rings. The van der Waals surface area contributed by atoms with Crippen molar-refractivity contribution in [2.45, 2.75) is 223 Å². The highest BCUT2D eigenvalue weighted by Crippen LogP contribution is 2.44. The van der Waals surface area contributed by atoms with Gasteiger partial charge in [0.1, 0.15) is 80.3 Å². The van der Waals surface area contributed by atoms with Crippen LogP contribution in [-0.2, 0) is 188 Å². The predicted molar refractivity (Wildman–Crippen MR) is 452 cm³/mol. The van der Waals surface area contributed by atoms with Gasteiger partial charge in [-0.2, -0.15) is 0 Å². The van der Waals surface area contributed by atoms with Gasteiger partial charge in [0.15, 0.2) is 43.3 Å². The standard InChI is InChI=1S/C91H117N5O35/c1-56-76(116-50-66-28-18-12-19-29-66)82(117-51-67-30-20-13-21-31-67)84(118-52-68-32-22-14-23-33-68)88(120-56)129-80-75(95-58(3)98)87(114-47-46-112-45-44-111-43-42-110-41-40-109-39-38-108-37-36-93-96-92)126-71(53-113-49-65-26-16-11-17-27-65)77(80)128-89-85(125-64(9)104)83(79(124-63(8)103)73(127-89)55-119-86(105)69-34-24-15-25-35-69)131-91(90(106)107-10)48-70(121-60(5)100)74(94-57(2)97)81(130-91)78(123-62(7)102)72(122-61(6)101)54-115-59(4)99/h11-35,56,70-85,87-89H,36-55H2,1-10H3,(H,94,97)(H,95,98)/t56-,70-,71+,72+,73+,74+,75+,76+,77+,78+,79-,80+,81+,82+,83-,84-,85+,87+,88-,89-,91-/m0/s1. The van der Waals surface area contributed by atoms with Gasteiger partial charge in [-0.15, -0.1) is 0 Å². The van der Waals surface area contributed by atoms with E-state index in [1.54, 1.807) is 55.5 Å². The fourth-order valence-electron chi connectivity index (χ4n) is 14.9. The zero-order valence-corrected chi connectivity index (χ0v) is 74.8. The zero-order chi connectivity index (χ0) is 94.0. The molecule has 4 saturated heterocycles. The molecule has 0 radical (unpaired) electrons. The number of nitrogens with one attached hydrogen (secondary N) is 2. The van der Waals surface area contributed by atoms with E-state index in [-0.39, 0.29) is 91.4 Å². The molecule has 4 fully saturated rings. The lowest BCUT2D eigenvalue weighted by atomic mass is 9.87. The number of ether oxygens (including phenoxy) is 25. The number of benzene rings is 5. The van der Waals surface area contributed by atoms with Gasteiger partial charge in [0.25, 0.3) is 5.79 Å². The summed E-state index contributed by atoms with van der Waals surface area (Å²) >= 11 is 0. The lowest BCUT2D eigenvalue weighted by molar-refractivity contribution is -0.394. The van der Waals surface area contributed by atoms with Crippen LogP contribution in [0.4, 0.5) is 0 Å². The molecule has 5 aromatic carbocycles. The number of azide groups is 1. The maximum absolute atomic E-state index is 15.6. The molecular weight excluding hydrogens is 1720 g/mol. The number of hydrogen-bond donors (Lipinski definition) is 2. The molecule has 131 heavy (non-hydrogen) atoms. The van der Waals surface area contributed by atoms with Gasteiger partial charge in [-0.3, -0.25) is 38.4 Å². The molecule has 21 atom stereocenters. The molecule has 0 bridgehead atoms. The van der Waals surface area contributed by atoms with E-state index in [4.69, 9.17) is 124 Å². The molecule has 2 amide bonds. The number of methoxy groups -OCH3 is 1. The second-order valence-electron chi connectivity index (χ2n) is 30.5. The van der Waals surface area contributed by atoms with Crippen molar-refractivity contribution in [2.75, 3.05) is 106 Å². The van der Waals surface area contributed by atoms with E-state index in [1.807, 2.05) is 91.0 Å². The third-order valence-corrected chi connectivity index (χ3v) is 20.4. The summed E-state index contributed by atoms with van der Waals surface area (Å²) in [5.41, 5.74) is 11.4. The Hall–Kier alpha value is -10.6.